The van der Waals surface area contributed by atoms with Gasteiger partial charge < -0.3 is 15.7 Å². The third-order valence-corrected chi connectivity index (χ3v) is 17.0. The third kappa shape index (κ3) is 5.79. The second-order valence-corrected chi connectivity index (χ2v) is 19.8. The molecular weight excluding hydrogens is 696 g/mol. The van der Waals surface area contributed by atoms with Gasteiger partial charge in [0.15, 0.2) is 0 Å². The Balaban J connectivity index is 1.10. The molecule has 4 unspecified atom stereocenters. The van der Waals surface area contributed by atoms with E-state index in [1.807, 2.05) is 48.5 Å². The molecule has 0 spiro atoms. The highest BCUT2D eigenvalue weighted by atomic mass is 79.9. The summed E-state index contributed by atoms with van der Waals surface area (Å²) < 4.78 is 0.988. The predicted molar refractivity (Wildman–Crippen MR) is 209 cm³/mol. The molecule has 0 aliphatic heterocycles. The number of fused-ring (bicyclic) bond motifs is 7. The van der Waals surface area contributed by atoms with Crippen molar-refractivity contribution in [1.82, 2.24) is 10.6 Å². The Morgan fingerprint density at radius 2 is 1.51 bits per heavy atom. The number of nitrogens with one attached hydrogen (secondary N) is 2. The molecular formula is C45H61BrN2O3. The van der Waals surface area contributed by atoms with E-state index in [4.69, 9.17) is 0 Å². The van der Waals surface area contributed by atoms with E-state index in [0.717, 1.165) is 54.1 Å². The average molecular weight is 758 g/mol. The van der Waals surface area contributed by atoms with Gasteiger partial charge in [-0.25, -0.2) is 0 Å². The van der Waals surface area contributed by atoms with Gasteiger partial charge in [-0.15, -0.1) is 0 Å². The molecule has 51 heavy (non-hydrogen) atoms. The lowest BCUT2D eigenvalue weighted by Crippen LogP contribution is -2.67. The Morgan fingerprint density at radius 1 is 0.804 bits per heavy atom. The second kappa shape index (κ2) is 13.1. The Bertz CT molecular complexity index is 1700. The van der Waals surface area contributed by atoms with E-state index < -0.39 is 0 Å². The standard InChI is InChI=1S/C45H61BrN2O3/c1-28(2)33-16-21-45(40(51)48-27-29-10-8-12-31(24-29)39(50)47-26-30-11-9-13-32(46)25-30)23-22-43(6)34(38(33)45)14-15-36-42(5)19-18-37(49)41(3,4)35(42)17-20-44(36,43)7/h8-13,24-25,33-38,49H,1,14-23,26-27H2,2-7H3,(H,47,50)(H,48,51)/t33-,34?,35?,36?,37-,38?,42-,43+,44+,45-/m0/s1. The Kier molecular flexibility index (Phi) is 9.51. The number of carbonyl (C=O) groups is 2. The third-order valence-electron chi connectivity index (χ3n) is 16.5. The number of aliphatic hydroxyl groups is 1. The van der Waals surface area contributed by atoms with Gasteiger partial charge in [0.25, 0.3) is 5.91 Å². The van der Waals surface area contributed by atoms with Crippen LogP contribution in [-0.4, -0.2) is 23.0 Å². The Morgan fingerprint density at radius 3 is 2.24 bits per heavy atom. The van der Waals surface area contributed by atoms with Crippen LogP contribution in [0.3, 0.4) is 0 Å². The maximum Gasteiger partial charge on any atom is 0.251 e. The van der Waals surface area contributed by atoms with E-state index in [9.17, 15) is 14.7 Å². The molecule has 0 bridgehead atoms. The fourth-order valence-electron chi connectivity index (χ4n) is 13.6. The molecule has 5 aliphatic carbocycles. The van der Waals surface area contributed by atoms with Crippen LogP contribution in [-0.2, 0) is 17.9 Å². The summed E-state index contributed by atoms with van der Waals surface area (Å²) in [5.74, 6) is 2.43. The molecule has 0 saturated heterocycles. The molecule has 0 radical (unpaired) electrons. The molecule has 0 aromatic heterocycles. The highest BCUT2D eigenvalue weighted by Gasteiger charge is 2.71. The highest BCUT2D eigenvalue weighted by Crippen LogP contribution is 2.77. The van der Waals surface area contributed by atoms with Gasteiger partial charge in [-0.3, -0.25) is 9.59 Å². The van der Waals surface area contributed by atoms with E-state index in [-0.39, 0.29) is 45.0 Å². The first kappa shape index (κ1) is 36.9. The van der Waals surface area contributed by atoms with Crippen LogP contribution >= 0.6 is 15.9 Å². The molecule has 0 heterocycles. The first-order valence-corrected chi connectivity index (χ1v) is 20.6. The normalized spacial score (nSPS) is 39.5. The van der Waals surface area contributed by atoms with Crippen LogP contribution in [0.4, 0.5) is 0 Å². The van der Waals surface area contributed by atoms with Crippen molar-refractivity contribution in [3.8, 4) is 0 Å². The summed E-state index contributed by atoms with van der Waals surface area (Å²) in [5.41, 5.74) is 4.00. The lowest BCUT2D eigenvalue weighted by molar-refractivity contribution is -0.246. The van der Waals surface area contributed by atoms with Gasteiger partial charge in [0.1, 0.15) is 0 Å². The van der Waals surface area contributed by atoms with Crippen LogP contribution in [0, 0.1) is 56.7 Å². The van der Waals surface area contributed by atoms with Crippen molar-refractivity contribution in [1.29, 1.82) is 0 Å². The number of carbonyl (C=O) groups excluding carboxylic acids is 2. The number of halogens is 1. The van der Waals surface area contributed by atoms with Crippen LogP contribution in [0.1, 0.15) is 127 Å². The lowest BCUT2D eigenvalue weighted by Gasteiger charge is -2.72. The molecule has 5 fully saturated rings. The predicted octanol–water partition coefficient (Wildman–Crippen LogP) is 10.0. The van der Waals surface area contributed by atoms with Crippen molar-refractivity contribution in [2.75, 3.05) is 0 Å². The zero-order valence-electron chi connectivity index (χ0n) is 31.9. The highest BCUT2D eigenvalue weighted by molar-refractivity contribution is 9.10. The van der Waals surface area contributed by atoms with Gasteiger partial charge >= 0.3 is 0 Å². The molecule has 3 N–H and O–H groups in total. The first-order chi connectivity index (χ1) is 24.1. The summed E-state index contributed by atoms with van der Waals surface area (Å²) >= 11 is 3.50. The maximum atomic E-state index is 14.7. The number of aliphatic hydroxyl groups excluding tert-OH is 1. The van der Waals surface area contributed by atoms with E-state index in [2.05, 4.69) is 74.7 Å². The molecule has 2 amide bonds. The summed E-state index contributed by atoms with van der Waals surface area (Å²) in [6.07, 6.45) is 10.6. The zero-order chi connectivity index (χ0) is 36.6. The summed E-state index contributed by atoms with van der Waals surface area (Å²) in [4.78, 5) is 27.8. The van der Waals surface area contributed by atoms with E-state index in [1.165, 1.54) is 31.3 Å². The molecule has 276 valence electrons. The molecule has 7 rings (SSSR count). The molecule has 2 aromatic carbocycles. The molecule has 10 atom stereocenters. The van der Waals surface area contributed by atoms with Crippen molar-refractivity contribution in [3.05, 3.63) is 81.8 Å². The summed E-state index contributed by atoms with van der Waals surface area (Å²) in [7, 11) is 0. The Labute approximate surface area is 315 Å². The smallest absolute Gasteiger partial charge is 0.251 e. The van der Waals surface area contributed by atoms with E-state index in [0.29, 0.717) is 48.2 Å². The van der Waals surface area contributed by atoms with Crippen molar-refractivity contribution in [3.63, 3.8) is 0 Å². The number of amides is 2. The number of hydrogen-bond acceptors (Lipinski definition) is 3. The minimum Gasteiger partial charge on any atom is -0.393 e. The van der Waals surface area contributed by atoms with Crippen LogP contribution in [0.25, 0.3) is 0 Å². The van der Waals surface area contributed by atoms with Crippen LogP contribution < -0.4 is 10.6 Å². The van der Waals surface area contributed by atoms with Crippen molar-refractivity contribution >= 4 is 27.7 Å². The number of hydrogen-bond donors (Lipinski definition) is 3. The fourth-order valence-corrected chi connectivity index (χ4v) is 14.1. The van der Waals surface area contributed by atoms with Crippen LogP contribution in [0.5, 0.6) is 0 Å². The lowest BCUT2D eigenvalue weighted by atomic mass is 9.32. The largest absolute Gasteiger partial charge is 0.393 e. The van der Waals surface area contributed by atoms with Crippen LogP contribution in [0.15, 0.2) is 65.2 Å². The SMILES string of the molecule is C=C(C)[C@@H]1CC[C@]2(C(=O)NCc3cccc(C(=O)NCc4cccc(Br)c4)c3)CC[C@]3(C)C(CCC4[C@@]5(C)CC[C@H](O)C(C)(C)C5CC[C@]43C)C12. The molecule has 2 aromatic rings. The number of rotatable bonds is 7. The molecule has 5 aliphatic rings. The zero-order valence-corrected chi connectivity index (χ0v) is 33.5. The summed E-state index contributed by atoms with van der Waals surface area (Å²) in [6.45, 7) is 20.1. The van der Waals surface area contributed by atoms with Crippen LogP contribution in [0.2, 0.25) is 0 Å². The number of benzene rings is 2. The monoisotopic (exact) mass is 756 g/mol. The molecule has 5 nitrogen and oxygen atoms in total. The topological polar surface area (TPSA) is 78.4 Å². The first-order valence-electron chi connectivity index (χ1n) is 19.8. The number of allylic oxidation sites excluding steroid dienone is 1. The van der Waals surface area contributed by atoms with E-state index >= 15 is 0 Å². The summed E-state index contributed by atoms with van der Waals surface area (Å²) in [6, 6.07) is 15.6. The van der Waals surface area contributed by atoms with Gasteiger partial charge in [-0.2, -0.15) is 0 Å². The Hall–Kier alpha value is -2.44. The quantitative estimate of drug-likeness (QED) is 0.246. The van der Waals surface area contributed by atoms with Gasteiger partial charge in [-0.1, -0.05) is 87.0 Å². The maximum absolute atomic E-state index is 14.7. The fraction of sp³-hybridized carbons (Fsp3) is 0.644. The molecule has 6 heteroatoms. The van der Waals surface area contributed by atoms with E-state index in [1.54, 1.807) is 0 Å². The summed E-state index contributed by atoms with van der Waals surface area (Å²) in [5, 5.41) is 17.6. The van der Waals surface area contributed by atoms with Gasteiger partial charge in [0.2, 0.25) is 5.91 Å². The van der Waals surface area contributed by atoms with Crippen molar-refractivity contribution in [2.24, 2.45) is 56.7 Å². The molecule has 5 saturated carbocycles. The van der Waals surface area contributed by atoms with Crippen molar-refractivity contribution < 1.29 is 14.7 Å². The van der Waals surface area contributed by atoms with Gasteiger partial charge in [0.05, 0.1) is 11.5 Å². The van der Waals surface area contributed by atoms with Gasteiger partial charge in [0, 0.05) is 23.1 Å². The minimum absolute atomic E-state index is 0.0501. The van der Waals surface area contributed by atoms with Crippen molar-refractivity contribution in [2.45, 2.75) is 125 Å². The minimum atomic E-state index is -0.381. The van der Waals surface area contributed by atoms with Gasteiger partial charge in [-0.05, 0) is 158 Å². The average Bonchev–Trinajstić information content (AvgIpc) is 3.50. The second-order valence-electron chi connectivity index (χ2n) is 18.9.